The second kappa shape index (κ2) is 5.36. The van der Waals surface area contributed by atoms with Crippen LogP contribution < -0.4 is 10.6 Å². The summed E-state index contributed by atoms with van der Waals surface area (Å²) in [4.78, 5) is 0.333. The summed E-state index contributed by atoms with van der Waals surface area (Å²) in [6.07, 6.45) is 0. The van der Waals surface area contributed by atoms with Gasteiger partial charge in [0.15, 0.2) is 0 Å². The normalized spacial score (nSPS) is 21.2. The van der Waals surface area contributed by atoms with E-state index in [9.17, 15) is 8.42 Å². The fraction of sp³-hybridized carbons (Fsp3) is 0.500. The van der Waals surface area contributed by atoms with E-state index in [0.29, 0.717) is 4.90 Å². The van der Waals surface area contributed by atoms with Gasteiger partial charge in [-0.3, -0.25) is 0 Å². The number of nitrogens with one attached hydrogen (secondary N) is 2. The summed E-state index contributed by atoms with van der Waals surface area (Å²) < 4.78 is 25.1. The van der Waals surface area contributed by atoms with E-state index in [1.54, 1.807) is 12.1 Å². The molecule has 1 aromatic rings. The molecule has 1 aliphatic rings. The average Bonchev–Trinajstić information content (AvgIpc) is 2.40. The van der Waals surface area contributed by atoms with Crippen molar-refractivity contribution < 1.29 is 8.42 Å². The molecule has 2 rings (SSSR count). The van der Waals surface area contributed by atoms with Gasteiger partial charge in [-0.1, -0.05) is 12.1 Å². The molecule has 0 unspecified atom stereocenters. The number of benzene rings is 1. The number of rotatable bonds is 3. The zero-order valence-corrected chi connectivity index (χ0v) is 11.5. The van der Waals surface area contributed by atoms with Crippen LogP contribution in [0.3, 0.4) is 0 Å². The maximum atomic E-state index is 11.9. The molecule has 0 saturated carbocycles. The third kappa shape index (κ3) is 2.72. The minimum Gasteiger partial charge on any atom is -0.314 e. The van der Waals surface area contributed by atoms with E-state index in [1.165, 1.54) is 18.4 Å². The lowest BCUT2D eigenvalue weighted by atomic mass is 10.1. The Bertz CT molecular complexity index is 491. The van der Waals surface area contributed by atoms with Crippen molar-refractivity contribution in [1.82, 2.24) is 14.9 Å². The molecule has 0 aromatic heterocycles. The van der Waals surface area contributed by atoms with E-state index < -0.39 is 10.0 Å². The van der Waals surface area contributed by atoms with Crippen LogP contribution in [0, 0.1) is 0 Å². The lowest BCUT2D eigenvalue weighted by Crippen LogP contribution is -2.42. The van der Waals surface area contributed by atoms with Gasteiger partial charge >= 0.3 is 0 Å². The van der Waals surface area contributed by atoms with E-state index in [2.05, 4.69) is 10.6 Å². The second-order valence-corrected chi connectivity index (χ2v) is 6.72. The highest BCUT2D eigenvalue weighted by atomic mass is 32.2. The summed E-state index contributed by atoms with van der Waals surface area (Å²) in [6, 6.07) is 7.35. The van der Waals surface area contributed by atoms with E-state index in [4.69, 9.17) is 0 Å². The third-order valence-corrected chi connectivity index (χ3v) is 4.93. The molecule has 1 saturated heterocycles. The van der Waals surface area contributed by atoms with Crippen molar-refractivity contribution >= 4 is 10.0 Å². The number of sulfonamides is 1. The number of hydrogen-bond acceptors (Lipinski definition) is 4. The van der Waals surface area contributed by atoms with Gasteiger partial charge in [-0.05, 0) is 17.7 Å². The van der Waals surface area contributed by atoms with Crippen molar-refractivity contribution in [2.24, 2.45) is 0 Å². The van der Waals surface area contributed by atoms with E-state index in [0.717, 1.165) is 25.2 Å². The Labute approximate surface area is 108 Å². The van der Waals surface area contributed by atoms with E-state index in [1.807, 2.05) is 12.1 Å². The number of nitrogens with zero attached hydrogens (tertiary/aromatic N) is 1. The fourth-order valence-electron chi connectivity index (χ4n) is 1.97. The van der Waals surface area contributed by atoms with E-state index in [-0.39, 0.29) is 6.04 Å². The molecule has 0 bridgehead atoms. The third-order valence-electron chi connectivity index (χ3n) is 3.10. The van der Waals surface area contributed by atoms with Crippen molar-refractivity contribution in [3.63, 3.8) is 0 Å². The summed E-state index contributed by atoms with van der Waals surface area (Å²) in [6.45, 7) is 2.78. The predicted molar refractivity (Wildman–Crippen MR) is 70.9 cm³/mol. The molecule has 2 N–H and O–H groups in total. The van der Waals surface area contributed by atoms with Crippen molar-refractivity contribution in [2.75, 3.05) is 33.7 Å². The van der Waals surface area contributed by atoms with E-state index >= 15 is 0 Å². The molecule has 1 heterocycles. The van der Waals surface area contributed by atoms with Gasteiger partial charge in [-0.15, -0.1) is 0 Å². The van der Waals surface area contributed by atoms with Crippen LogP contribution in [0.15, 0.2) is 29.2 Å². The van der Waals surface area contributed by atoms with Gasteiger partial charge in [0.25, 0.3) is 0 Å². The Morgan fingerprint density at radius 3 is 2.33 bits per heavy atom. The quantitative estimate of drug-likeness (QED) is 0.821. The molecule has 0 radical (unpaired) electrons. The van der Waals surface area contributed by atoms with Crippen LogP contribution in [0.4, 0.5) is 0 Å². The lowest BCUT2D eigenvalue weighted by molar-refractivity contribution is 0.430. The lowest BCUT2D eigenvalue weighted by Gasteiger charge is -2.25. The van der Waals surface area contributed by atoms with Gasteiger partial charge in [0.1, 0.15) is 0 Å². The van der Waals surface area contributed by atoms with Crippen molar-refractivity contribution in [3.8, 4) is 0 Å². The van der Waals surface area contributed by atoms with Gasteiger partial charge in [0.05, 0.1) is 4.90 Å². The highest BCUT2D eigenvalue weighted by Crippen LogP contribution is 2.18. The largest absolute Gasteiger partial charge is 0.314 e. The van der Waals surface area contributed by atoms with Crippen LogP contribution >= 0.6 is 0 Å². The minimum absolute atomic E-state index is 0.259. The molecular weight excluding hydrogens is 250 g/mol. The molecule has 6 heteroatoms. The van der Waals surface area contributed by atoms with Gasteiger partial charge in [-0.25, -0.2) is 12.7 Å². The Morgan fingerprint density at radius 1 is 1.17 bits per heavy atom. The molecule has 1 aliphatic heterocycles. The minimum atomic E-state index is -3.33. The molecule has 5 nitrogen and oxygen atoms in total. The van der Waals surface area contributed by atoms with Crippen molar-refractivity contribution in [2.45, 2.75) is 10.9 Å². The molecular formula is C12H19N3O2S. The molecule has 1 fully saturated rings. The topological polar surface area (TPSA) is 61.4 Å². The average molecular weight is 269 g/mol. The summed E-state index contributed by atoms with van der Waals surface area (Å²) in [7, 11) is -0.252. The molecule has 0 aliphatic carbocycles. The zero-order chi connectivity index (χ0) is 13.2. The summed E-state index contributed by atoms with van der Waals surface area (Å²) in [5.41, 5.74) is 1.11. The Hall–Kier alpha value is -0.950. The highest BCUT2D eigenvalue weighted by Gasteiger charge is 2.18. The number of hydrogen-bond donors (Lipinski definition) is 2. The highest BCUT2D eigenvalue weighted by molar-refractivity contribution is 7.89. The Morgan fingerprint density at radius 2 is 1.83 bits per heavy atom. The smallest absolute Gasteiger partial charge is 0.242 e. The van der Waals surface area contributed by atoms with Gasteiger partial charge < -0.3 is 10.6 Å². The fourth-order valence-corrected chi connectivity index (χ4v) is 2.87. The first-order valence-electron chi connectivity index (χ1n) is 5.98. The van der Waals surface area contributed by atoms with Gasteiger partial charge in [-0.2, -0.15) is 0 Å². The van der Waals surface area contributed by atoms with Crippen LogP contribution in [0.2, 0.25) is 0 Å². The van der Waals surface area contributed by atoms with Crippen LogP contribution in [0.25, 0.3) is 0 Å². The Kier molecular flexibility index (Phi) is 4.01. The first-order valence-corrected chi connectivity index (χ1v) is 7.42. The molecule has 18 heavy (non-hydrogen) atoms. The van der Waals surface area contributed by atoms with Gasteiger partial charge in [0, 0.05) is 39.8 Å². The predicted octanol–water partition coefficient (Wildman–Crippen LogP) is 0.171. The Balaban J connectivity index is 2.20. The monoisotopic (exact) mass is 269 g/mol. The summed E-state index contributed by atoms with van der Waals surface area (Å²) in [5, 5.41) is 6.70. The first kappa shape index (κ1) is 13.5. The van der Waals surface area contributed by atoms with Crippen LogP contribution in [0.5, 0.6) is 0 Å². The standard InChI is InChI=1S/C12H19N3O2S/c1-15(2)18(16,17)11-5-3-10(4-6-11)12-9-13-7-8-14-12/h3-6,12-14H,7-9H2,1-2H3/t12-/m0/s1. The van der Waals surface area contributed by atoms with Crippen LogP contribution in [0.1, 0.15) is 11.6 Å². The molecule has 100 valence electrons. The maximum Gasteiger partial charge on any atom is 0.242 e. The number of piperazine rings is 1. The van der Waals surface area contributed by atoms with Crippen LogP contribution in [-0.4, -0.2) is 46.5 Å². The molecule has 0 amide bonds. The molecule has 1 atom stereocenters. The summed E-state index contributed by atoms with van der Waals surface area (Å²) in [5.74, 6) is 0. The van der Waals surface area contributed by atoms with Crippen molar-refractivity contribution in [1.29, 1.82) is 0 Å². The first-order chi connectivity index (χ1) is 8.51. The second-order valence-electron chi connectivity index (χ2n) is 4.57. The zero-order valence-electron chi connectivity index (χ0n) is 10.7. The van der Waals surface area contributed by atoms with Crippen molar-refractivity contribution in [3.05, 3.63) is 29.8 Å². The molecule has 1 aromatic carbocycles. The summed E-state index contributed by atoms with van der Waals surface area (Å²) >= 11 is 0. The SMILES string of the molecule is CN(C)S(=O)(=O)c1ccc([C@@H]2CNCCN2)cc1. The molecule has 0 spiro atoms. The maximum absolute atomic E-state index is 11.9. The van der Waals surface area contributed by atoms with Gasteiger partial charge in [0.2, 0.25) is 10.0 Å². The van der Waals surface area contributed by atoms with Crippen LogP contribution in [-0.2, 0) is 10.0 Å².